The Hall–Kier alpha value is -3.06. The van der Waals surface area contributed by atoms with Crippen LogP contribution in [0.1, 0.15) is 57.5 Å². The van der Waals surface area contributed by atoms with E-state index in [1.54, 1.807) is 6.08 Å². The molecule has 0 radical (unpaired) electrons. The third kappa shape index (κ3) is 6.97. The van der Waals surface area contributed by atoms with Gasteiger partial charge < -0.3 is 10.1 Å². The van der Waals surface area contributed by atoms with Crippen molar-refractivity contribution in [1.82, 2.24) is 14.8 Å². The van der Waals surface area contributed by atoms with Gasteiger partial charge in [-0.2, -0.15) is 0 Å². The third-order valence-electron chi connectivity index (χ3n) is 5.39. The first-order valence-corrected chi connectivity index (χ1v) is 12.4. The highest BCUT2D eigenvalue weighted by Gasteiger charge is 2.16. The average molecular weight is 479 g/mol. The molecule has 2 aromatic carbocycles. The Labute approximate surface area is 206 Å². The van der Waals surface area contributed by atoms with E-state index in [0.29, 0.717) is 23.4 Å². The van der Waals surface area contributed by atoms with E-state index >= 15 is 0 Å². The first kappa shape index (κ1) is 25.6. The van der Waals surface area contributed by atoms with Crippen LogP contribution in [0.3, 0.4) is 0 Å². The number of hydrogen-bond donors (Lipinski definition) is 1. The molecular weight excluding hydrogens is 444 g/mol. The quantitative estimate of drug-likeness (QED) is 0.278. The van der Waals surface area contributed by atoms with Gasteiger partial charge in [-0.15, -0.1) is 16.8 Å². The lowest BCUT2D eigenvalue weighted by atomic mass is 9.87. The lowest BCUT2D eigenvalue weighted by Gasteiger charge is -2.19. The number of carbonyl (C=O) groups is 1. The van der Waals surface area contributed by atoms with E-state index in [9.17, 15) is 4.79 Å². The van der Waals surface area contributed by atoms with E-state index in [0.717, 1.165) is 11.4 Å². The maximum atomic E-state index is 12.5. The molecule has 6 nitrogen and oxygen atoms in total. The van der Waals surface area contributed by atoms with Crippen LogP contribution in [0.25, 0.3) is 0 Å². The molecule has 7 heteroatoms. The molecule has 0 fully saturated rings. The summed E-state index contributed by atoms with van der Waals surface area (Å²) in [5.41, 5.74) is 3.37. The Bertz CT molecular complexity index is 1100. The molecule has 0 aliphatic heterocycles. The number of amides is 1. The highest BCUT2D eigenvalue weighted by atomic mass is 32.2. The van der Waals surface area contributed by atoms with Crippen molar-refractivity contribution in [2.45, 2.75) is 64.3 Å². The standard InChI is InChI=1S/C27H34N4O2S/c1-7-16-31-24(17-33-23-14-10-21(11-15-23)27(4,5)6)29-30-26(31)34-18-25(32)28-22-12-8-20(9-13-22)19(2)3/h7-15,19H,1,16-18H2,2-6H3,(H,28,32). The monoisotopic (exact) mass is 478 g/mol. The van der Waals surface area contributed by atoms with Crippen molar-refractivity contribution in [3.05, 3.63) is 78.1 Å². The number of nitrogens with one attached hydrogen (secondary N) is 1. The van der Waals surface area contributed by atoms with Crippen LogP contribution in [-0.4, -0.2) is 26.4 Å². The van der Waals surface area contributed by atoms with E-state index < -0.39 is 0 Å². The number of carbonyl (C=O) groups excluding carboxylic acids is 1. The lowest BCUT2D eigenvalue weighted by Crippen LogP contribution is -2.15. The molecule has 1 heterocycles. The summed E-state index contributed by atoms with van der Waals surface area (Å²) >= 11 is 1.34. The van der Waals surface area contributed by atoms with Crippen molar-refractivity contribution in [2.75, 3.05) is 11.1 Å². The van der Waals surface area contributed by atoms with E-state index in [1.165, 1.54) is 22.9 Å². The zero-order valence-electron chi connectivity index (χ0n) is 20.7. The van der Waals surface area contributed by atoms with E-state index in [4.69, 9.17) is 4.74 Å². The summed E-state index contributed by atoms with van der Waals surface area (Å²) in [7, 11) is 0. The number of rotatable bonds is 10. The summed E-state index contributed by atoms with van der Waals surface area (Å²) in [6, 6.07) is 16.1. The SMILES string of the molecule is C=CCn1c(COc2ccc(C(C)(C)C)cc2)nnc1SCC(=O)Nc1ccc(C(C)C)cc1. The number of aromatic nitrogens is 3. The average Bonchev–Trinajstić information content (AvgIpc) is 3.18. The second-order valence-corrected chi connectivity index (χ2v) is 10.4. The first-order valence-electron chi connectivity index (χ1n) is 11.5. The van der Waals surface area contributed by atoms with Gasteiger partial charge in [-0.05, 0) is 46.7 Å². The van der Waals surface area contributed by atoms with Gasteiger partial charge in [0.05, 0.1) is 5.75 Å². The van der Waals surface area contributed by atoms with Crippen molar-refractivity contribution in [3.63, 3.8) is 0 Å². The Kier molecular flexibility index (Phi) is 8.56. The fourth-order valence-corrected chi connectivity index (χ4v) is 4.09. The van der Waals surface area contributed by atoms with Crippen LogP contribution in [0.15, 0.2) is 66.3 Å². The summed E-state index contributed by atoms with van der Waals surface area (Å²) in [6.07, 6.45) is 1.78. The van der Waals surface area contributed by atoms with Gasteiger partial charge in [-0.3, -0.25) is 9.36 Å². The van der Waals surface area contributed by atoms with E-state index in [1.807, 2.05) is 41.0 Å². The molecule has 34 heavy (non-hydrogen) atoms. The van der Waals surface area contributed by atoms with Crippen LogP contribution in [0.4, 0.5) is 5.69 Å². The van der Waals surface area contributed by atoms with Gasteiger partial charge in [-0.1, -0.05) is 76.7 Å². The number of ether oxygens (including phenoxy) is 1. The van der Waals surface area contributed by atoms with Crippen LogP contribution in [0, 0.1) is 0 Å². The minimum absolute atomic E-state index is 0.0906. The summed E-state index contributed by atoms with van der Waals surface area (Å²) in [5, 5.41) is 12.1. The number of nitrogens with zero attached hydrogens (tertiary/aromatic N) is 3. The molecule has 0 saturated carbocycles. The molecular formula is C27H34N4O2S. The second-order valence-electron chi connectivity index (χ2n) is 9.47. The molecule has 0 atom stereocenters. The van der Waals surface area contributed by atoms with Crippen LogP contribution < -0.4 is 10.1 Å². The first-order chi connectivity index (χ1) is 16.2. The highest BCUT2D eigenvalue weighted by Crippen LogP contribution is 2.25. The van der Waals surface area contributed by atoms with E-state index in [-0.39, 0.29) is 23.7 Å². The topological polar surface area (TPSA) is 69.0 Å². The molecule has 0 unspecified atom stereocenters. The molecule has 180 valence electrons. The maximum Gasteiger partial charge on any atom is 0.234 e. The van der Waals surface area contributed by atoms with Gasteiger partial charge >= 0.3 is 0 Å². The summed E-state index contributed by atoms with van der Waals surface area (Å²) in [4.78, 5) is 12.5. The Morgan fingerprint density at radius 3 is 2.38 bits per heavy atom. The van der Waals surface area contributed by atoms with Crippen LogP contribution in [0.2, 0.25) is 0 Å². The number of hydrogen-bond acceptors (Lipinski definition) is 5. The fourth-order valence-electron chi connectivity index (χ4n) is 3.32. The Balaban J connectivity index is 1.58. The molecule has 0 aliphatic carbocycles. The van der Waals surface area contributed by atoms with Crippen molar-refractivity contribution in [3.8, 4) is 5.75 Å². The molecule has 3 rings (SSSR count). The Morgan fingerprint density at radius 2 is 1.79 bits per heavy atom. The van der Waals surface area contributed by atoms with Gasteiger partial charge in [0, 0.05) is 12.2 Å². The number of benzene rings is 2. The van der Waals surface area contributed by atoms with Crippen molar-refractivity contribution in [1.29, 1.82) is 0 Å². The molecule has 0 bridgehead atoms. The van der Waals surface area contributed by atoms with Gasteiger partial charge in [0.2, 0.25) is 5.91 Å². The van der Waals surface area contributed by atoms with Crippen LogP contribution in [-0.2, 0) is 23.4 Å². The second kappa shape index (κ2) is 11.4. The highest BCUT2D eigenvalue weighted by molar-refractivity contribution is 7.99. The number of thioether (sulfide) groups is 1. The minimum Gasteiger partial charge on any atom is -0.486 e. The molecule has 1 aromatic heterocycles. The van der Waals surface area contributed by atoms with Gasteiger partial charge in [-0.25, -0.2) is 0 Å². The predicted octanol–water partition coefficient (Wildman–Crippen LogP) is 6.19. The molecule has 0 spiro atoms. The molecule has 1 amide bonds. The maximum absolute atomic E-state index is 12.5. The minimum atomic E-state index is -0.0906. The summed E-state index contributed by atoms with van der Waals surface area (Å²) in [6.45, 7) is 15.5. The number of allylic oxidation sites excluding steroid dienone is 1. The lowest BCUT2D eigenvalue weighted by molar-refractivity contribution is -0.113. The van der Waals surface area contributed by atoms with Gasteiger partial charge in [0.15, 0.2) is 11.0 Å². The van der Waals surface area contributed by atoms with Gasteiger partial charge in [0.25, 0.3) is 0 Å². The molecule has 0 aliphatic rings. The smallest absolute Gasteiger partial charge is 0.234 e. The van der Waals surface area contributed by atoms with Gasteiger partial charge in [0.1, 0.15) is 12.4 Å². The van der Waals surface area contributed by atoms with Crippen molar-refractivity contribution < 1.29 is 9.53 Å². The normalized spacial score (nSPS) is 11.5. The summed E-state index contributed by atoms with van der Waals surface area (Å²) in [5.74, 6) is 2.06. The van der Waals surface area contributed by atoms with Crippen molar-refractivity contribution >= 4 is 23.4 Å². The molecule has 0 saturated heterocycles. The molecule has 3 aromatic rings. The number of anilines is 1. The largest absolute Gasteiger partial charge is 0.486 e. The van der Waals surface area contributed by atoms with Crippen LogP contribution in [0.5, 0.6) is 5.75 Å². The van der Waals surface area contributed by atoms with E-state index in [2.05, 4.69) is 68.8 Å². The van der Waals surface area contributed by atoms with Crippen LogP contribution >= 0.6 is 11.8 Å². The Morgan fingerprint density at radius 1 is 1.12 bits per heavy atom. The fraction of sp³-hybridized carbons (Fsp3) is 0.370. The van der Waals surface area contributed by atoms with Crippen molar-refractivity contribution in [2.24, 2.45) is 0 Å². The zero-order valence-corrected chi connectivity index (χ0v) is 21.5. The summed E-state index contributed by atoms with van der Waals surface area (Å²) < 4.78 is 7.87. The zero-order chi connectivity index (χ0) is 24.7. The predicted molar refractivity (Wildman–Crippen MR) is 140 cm³/mol. The third-order valence-corrected chi connectivity index (χ3v) is 6.35. The molecule has 1 N–H and O–H groups in total.